The van der Waals surface area contributed by atoms with E-state index in [4.69, 9.17) is 10.5 Å². The number of imidazole rings is 1. The van der Waals surface area contributed by atoms with E-state index in [-0.39, 0.29) is 18.6 Å². The van der Waals surface area contributed by atoms with Crippen LogP contribution in [0.1, 0.15) is 6.04 Å². The molecule has 0 amide bonds. The Morgan fingerprint density at radius 2 is 2.29 bits per heavy atom. The Hall–Kier alpha value is -1.73. The SMILES string of the molecule is Nc1ncnc2c1ncn2[C@@H]1COC[C@H]1CO. The van der Waals surface area contributed by atoms with Crippen molar-refractivity contribution in [3.63, 3.8) is 0 Å². The first-order valence-electron chi connectivity index (χ1n) is 5.43. The van der Waals surface area contributed by atoms with Crippen LogP contribution in [0.4, 0.5) is 5.82 Å². The largest absolute Gasteiger partial charge is 0.396 e. The van der Waals surface area contributed by atoms with Crippen LogP contribution in [0.5, 0.6) is 0 Å². The molecule has 2 aromatic rings. The van der Waals surface area contributed by atoms with Crippen molar-refractivity contribution in [1.82, 2.24) is 19.5 Å². The van der Waals surface area contributed by atoms with E-state index < -0.39 is 0 Å². The molecule has 3 N–H and O–H groups in total. The van der Waals surface area contributed by atoms with Crippen molar-refractivity contribution in [2.24, 2.45) is 5.92 Å². The number of anilines is 1. The lowest BCUT2D eigenvalue weighted by Crippen LogP contribution is -2.20. The zero-order chi connectivity index (χ0) is 11.8. The molecule has 7 heteroatoms. The average molecular weight is 235 g/mol. The highest BCUT2D eigenvalue weighted by atomic mass is 16.5. The second-order valence-electron chi connectivity index (χ2n) is 4.13. The van der Waals surface area contributed by atoms with Crippen molar-refractivity contribution in [2.75, 3.05) is 25.6 Å². The summed E-state index contributed by atoms with van der Waals surface area (Å²) >= 11 is 0. The maximum absolute atomic E-state index is 9.29. The lowest BCUT2D eigenvalue weighted by Gasteiger charge is -2.16. The molecule has 2 aromatic heterocycles. The molecule has 90 valence electrons. The molecule has 1 saturated heterocycles. The number of aromatic nitrogens is 4. The van der Waals surface area contributed by atoms with Gasteiger partial charge in [0.25, 0.3) is 0 Å². The number of fused-ring (bicyclic) bond motifs is 1. The van der Waals surface area contributed by atoms with Crippen LogP contribution < -0.4 is 5.73 Å². The van der Waals surface area contributed by atoms with Crippen molar-refractivity contribution >= 4 is 17.0 Å². The molecule has 0 spiro atoms. The van der Waals surface area contributed by atoms with Gasteiger partial charge in [0.1, 0.15) is 11.8 Å². The van der Waals surface area contributed by atoms with E-state index in [1.54, 1.807) is 6.33 Å². The first-order valence-corrected chi connectivity index (χ1v) is 5.43. The Balaban J connectivity index is 2.09. The average Bonchev–Trinajstić information content (AvgIpc) is 2.94. The van der Waals surface area contributed by atoms with Crippen LogP contribution in [0.3, 0.4) is 0 Å². The second-order valence-corrected chi connectivity index (χ2v) is 4.13. The summed E-state index contributed by atoms with van der Waals surface area (Å²) in [4.78, 5) is 12.3. The Bertz CT molecular complexity index is 540. The van der Waals surface area contributed by atoms with Gasteiger partial charge in [0.15, 0.2) is 11.5 Å². The summed E-state index contributed by atoms with van der Waals surface area (Å²) in [6.45, 7) is 1.20. The molecule has 3 rings (SSSR count). The van der Waals surface area contributed by atoms with Gasteiger partial charge in [0, 0.05) is 5.92 Å². The number of aliphatic hydroxyl groups excluding tert-OH is 1. The lowest BCUT2D eigenvalue weighted by atomic mass is 10.1. The number of nitrogen functional groups attached to an aromatic ring is 1. The van der Waals surface area contributed by atoms with E-state index in [1.807, 2.05) is 4.57 Å². The Kier molecular flexibility index (Phi) is 2.41. The smallest absolute Gasteiger partial charge is 0.165 e. The minimum atomic E-state index is 0.0549. The van der Waals surface area contributed by atoms with E-state index in [0.29, 0.717) is 30.2 Å². The van der Waals surface area contributed by atoms with Gasteiger partial charge in [-0.15, -0.1) is 0 Å². The molecule has 2 atom stereocenters. The summed E-state index contributed by atoms with van der Waals surface area (Å²) in [5.41, 5.74) is 7.01. The number of rotatable bonds is 2. The highest BCUT2D eigenvalue weighted by Gasteiger charge is 2.30. The van der Waals surface area contributed by atoms with Crippen LogP contribution in [-0.2, 0) is 4.74 Å². The topological polar surface area (TPSA) is 99.1 Å². The number of nitrogens with zero attached hydrogens (tertiary/aromatic N) is 4. The fourth-order valence-corrected chi connectivity index (χ4v) is 2.18. The Labute approximate surface area is 97.3 Å². The van der Waals surface area contributed by atoms with E-state index in [2.05, 4.69) is 15.0 Å². The summed E-state index contributed by atoms with van der Waals surface area (Å²) in [7, 11) is 0. The zero-order valence-electron chi connectivity index (χ0n) is 9.15. The maximum Gasteiger partial charge on any atom is 0.165 e. The molecule has 3 heterocycles. The van der Waals surface area contributed by atoms with Gasteiger partial charge in [-0.3, -0.25) is 0 Å². The summed E-state index contributed by atoms with van der Waals surface area (Å²) < 4.78 is 7.28. The van der Waals surface area contributed by atoms with E-state index in [0.717, 1.165) is 0 Å². The van der Waals surface area contributed by atoms with Crippen LogP contribution in [0.15, 0.2) is 12.7 Å². The van der Waals surface area contributed by atoms with Crippen LogP contribution >= 0.6 is 0 Å². The van der Waals surface area contributed by atoms with E-state index in [9.17, 15) is 5.11 Å². The number of hydrogen-bond donors (Lipinski definition) is 2. The van der Waals surface area contributed by atoms with Crippen LogP contribution in [0, 0.1) is 5.92 Å². The Morgan fingerprint density at radius 1 is 1.41 bits per heavy atom. The van der Waals surface area contributed by atoms with E-state index >= 15 is 0 Å². The number of ether oxygens (including phenoxy) is 1. The minimum absolute atomic E-state index is 0.0549. The molecule has 0 bridgehead atoms. The first kappa shape index (κ1) is 10.4. The highest BCUT2D eigenvalue weighted by Crippen LogP contribution is 2.28. The van der Waals surface area contributed by atoms with Gasteiger partial charge in [0.05, 0.1) is 32.2 Å². The van der Waals surface area contributed by atoms with Crippen LogP contribution in [-0.4, -0.2) is 44.4 Å². The van der Waals surface area contributed by atoms with Gasteiger partial charge in [0.2, 0.25) is 0 Å². The number of hydrogen-bond acceptors (Lipinski definition) is 6. The summed E-state index contributed by atoms with van der Waals surface area (Å²) in [5, 5.41) is 9.29. The van der Waals surface area contributed by atoms with Crippen molar-refractivity contribution in [2.45, 2.75) is 6.04 Å². The fraction of sp³-hybridized carbons (Fsp3) is 0.500. The van der Waals surface area contributed by atoms with Crippen molar-refractivity contribution in [1.29, 1.82) is 0 Å². The third-order valence-corrected chi connectivity index (χ3v) is 3.14. The van der Waals surface area contributed by atoms with Gasteiger partial charge in [-0.25, -0.2) is 15.0 Å². The predicted molar refractivity (Wildman–Crippen MR) is 60.2 cm³/mol. The Morgan fingerprint density at radius 3 is 3.12 bits per heavy atom. The molecule has 7 nitrogen and oxygen atoms in total. The molecule has 17 heavy (non-hydrogen) atoms. The molecular formula is C10H13N5O2. The second kappa shape index (κ2) is 3.94. The molecule has 0 aliphatic carbocycles. The molecular weight excluding hydrogens is 222 g/mol. The minimum Gasteiger partial charge on any atom is -0.396 e. The fourth-order valence-electron chi connectivity index (χ4n) is 2.18. The molecule has 1 aliphatic rings. The lowest BCUT2D eigenvalue weighted by molar-refractivity contribution is 0.160. The van der Waals surface area contributed by atoms with Gasteiger partial charge in [-0.1, -0.05) is 0 Å². The molecule has 0 unspecified atom stereocenters. The summed E-state index contributed by atoms with van der Waals surface area (Å²) in [6, 6.07) is 0.0549. The molecule has 0 radical (unpaired) electrons. The van der Waals surface area contributed by atoms with Gasteiger partial charge in [-0.2, -0.15) is 0 Å². The van der Waals surface area contributed by atoms with Crippen molar-refractivity contribution in [3.8, 4) is 0 Å². The van der Waals surface area contributed by atoms with Crippen molar-refractivity contribution in [3.05, 3.63) is 12.7 Å². The summed E-state index contributed by atoms with van der Waals surface area (Å²) in [5.74, 6) is 0.441. The van der Waals surface area contributed by atoms with Gasteiger partial charge in [-0.05, 0) is 0 Å². The third-order valence-electron chi connectivity index (χ3n) is 3.14. The third kappa shape index (κ3) is 1.55. The maximum atomic E-state index is 9.29. The molecule has 0 aromatic carbocycles. The molecule has 1 fully saturated rings. The van der Waals surface area contributed by atoms with Crippen molar-refractivity contribution < 1.29 is 9.84 Å². The predicted octanol–water partition coefficient (Wildman–Crippen LogP) is -0.412. The first-order chi connectivity index (χ1) is 8.31. The van der Waals surface area contributed by atoms with Crippen LogP contribution in [0.2, 0.25) is 0 Å². The van der Waals surface area contributed by atoms with Gasteiger partial charge >= 0.3 is 0 Å². The quantitative estimate of drug-likeness (QED) is 0.734. The van der Waals surface area contributed by atoms with E-state index in [1.165, 1.54) is 6.33 Å². The number of nitrogens with two attached hydrogens (primary N) is 1. The standard InChI is InChI=1S/C10H13N5O2/c11-9-8-10(13-4-12-9)15(5-14-8)7-3-17-2-6(7)1-16/h4-7,16H,1-3H2,(H2,11,12,13)/t6-,7-/m1/s1. The molecule has 1 aliphatic heterocycles. The normalized spacial score (nSPS) is 24.5. The monoisotopic (exact) mass is 235 g/mol. The van der Waals surface area contributed by atoms with Crippen LogP contribution in [0.25, 0.3) is 11.2 Å². The highest BCUT2D eigenvalue weighted by molar-refractivity contribution is 5.81. The molecule has 0 saturated carbocycles. The number of aliphatic hydroxyl groups is 1. The van der Waals surface area contributed by atoms with Gasteiger partial charge < -0.3 is 20.1 Å². The summed E-state index contributed by atoms with van der Waals surface area (Å²) in [6.07, 6.45) is 3.09. The zero-order valence-corrected chi connectivity index (χ0v) is 9.15.